The summed E-state index contributed by atoms with van der Waals surface area (Å²) in [6.45, 7) is 0.430. The van der Waals surface area contributed by atoms with Crippen molar-refractivity contribution in [1.82, 2.24) is 4.57 Å². The minimum absolute atomic E-state index is 0.00846. The van der Waals surface area contributed by atoms with Crippen LogP contribution in [-0.2, 0) is 13.0 Å². The Morgan fingerprint density at radius 2 is 1.81 bits per heavy atom. The van der Waals surface area contributed by atoms with Crippen molar-refractivity contribution < 1.29 is 19.7 Å². The summed E-state index contributed by atoms with van der Waals surface area (Å²) >= 11 is 0.976. The van der Waals surface area contributed by atoms with E-state index in [0.29, 0.717) is 30.9 Å². The van der Waals surface area contributed by atoms with E-state index in [-0.39, 0.29) is 16.5 Å². The number of hydrogen-bond donors (Lipinski definition) is 2. The second kappa shape index (κ2) is 6.53. The van der Waals surface area contributed by atoms with E-state index in [0.717, 1.165) is 16.9 Å². The summed E-state index contributed by atoms with van der Waals surface area (Å²) in [6.07, 6.45) is 1.33. The standard InChI is InChI=1S/C14H17NO5S/c1-19-10-6-9(7-11(20-2)13(10)17)4-3-5-15-12(16)8-21-14(15)18/h6-8,16-17H,3-5H2,1-2H3. The van der Waals surface area contributed by atoms with E-state index in [1.807, 2.05) is 0 Å². The molecule has 0 aliphatic carbocycles. The molecule has 7 heteroatoms. The number of rotatable bonds is 6. The molecule has 1 heterocycles. The molecule has 0 amide bonds. The molecule has 0 spiro atoms. The van der Waals surface area contributed by atoms with Gasteiger partial charge in [-0.25, -0.2) is 0 Å². The van der Waals surface area contributed by atoms with Crippen LogP contribution in [0, 0.1) is 0 Å². The lowest BCUT2D eigenvalue weighted by molar-refractivity contribution is 0.339. The third-order valence-corrected chi connectivity index (χ3v) is 3.90. The van der Waals surface area contributed by atoms with E-state index in [4.69, 9.17) is 9.47 Å². The van der Waals surface area contributed by atoms with Crippen molar-refractivity contribution in [2.24, 2.45) is 0 Å². The topological polar surface area (TPSA) is 80.9 Å². The zero-order valence-electron chi connectivity index (χ0n) is 11.8. The molecule has 114 valence electrons. The van der Waals surface area contributed by atoms with Crippen molar-refractivity contribution in [3.8, 4) is 23.1 Å². The van der Waals surface area contributed by atoms with Gasteiger partial charge >= 0.3 is 4.87 Å². The maximum Gasteiger partial charge on any atom is 0.309 e. The molecule has 1 aromatic carbocycles. The molecule has 0 fully saturated rings. The summed E-state index contributed by atoms with van der Waals surface area (Å²) in [4.78, 5) is 11.3. The fourth-order valence-corrected chi connectivity index (χ4v) is 2.71. The van der Waals surface area contributed by atoms with E-state index < -0.39 is 0 Å². The molecule has 2 N–H and O–H groups in total. The first-order valence-electron chi connectivity index (χ1n) is 6.38. The van der Waals surface area contributed by atoms with Crippen LogP contribution in [0.15, 0.2) is 22.3 Å². The highest BCUT2D eigenvalue weighted by Crippen LogP contribution is 2.37. The number of thiazole rings is 1. The number of aryl methyl sites for hydroxylation is 1. The first kappa shape index (κ1) is 15.2. The lowest BCUT2D eigenvalue weighted by atomic mass is 10.1. The Labute approximate surface area is 125 Å². The van der Waals surface area contributed by atoms with Crippen LogP contribution in [-0.4, -0.2) is 29.0 Å². The van der Waals surface area contributed by atoms with Gasteiger partial charge in [-0.15, -0.1) is 0 Å². The minimum atomic E-state index is -0.173. The Bertz CT molecular complexity index is 651. The molecule has 21 heavy (non-hydrogen) atoms. The quantitative estimate of drug-likeness (QED) is 0.852. The maximum atomic E-state index is 11.5. The minimum Gasteiger partial charge on any atom is -0.502 e. The van der Waals surface area contributed by atoms with E-state index >= 15 is 0 Å². The summed E-state index contributed by atoms with van der Waals surface area (Å²) in [7, 11) is 2.95. The molecule has 0 aliphatic heterocycles. The van der Waals surface area contributed by atoms with Gasteiger partial charge in [0.15, 0.2) is 11.5 Å². The number of ether oxygens (including phenoxy) is 2. The van der Waals surface area contributed by atoms with Crippen molar-refractivity contribution in [3.63, 3.8) is 0 Å². The molecule has 0 bridgehead atoms. The highest BCUT2D eigenvalue weighted by molar-refractivity contribution is 7.07. The number of nitrogens with zero attached hydrogens (tertiary/aromatic N) is 1. The van der Waals surface area contributed by atoms with Crippen molar-refractivity contribution in [2.45, 2.75) is 19.4 Å². The van der Waals surface area contributed by atoms with Gasteiger partial charge in [-0.1, -0.05) is 11.3 Å². The van der Waals surface area contributed by atoms with Gasteiger partial charge in [-0.2, -0.15) is 0 Å². The largest absolute Gasteiger partial charge is 0.502 e. The zero-order chi connectivity index (χ0) is 15.4. The first-order valence-corrected chi connectivity index (χ1v) is 7.26. The second-order valence-corrected chi connectivity index (χ2v) is 5.28. The van der Waals surface area contributed by atoms with Gasteiger partial charge in [-0.05, 0) is 30.5 Å². The molecular formula is C14H17NO5S. The highest BCUT2D eigenvalue weighted by Gasteiger charge is 2.11. The number of phenols is 1. The van der Waals surface area contributed by atoms with E-state index in [1.54, 1.807) is 12.1 Å². The predicted octanol–water partition coefficient (Wildman–Crippen LogP) is 1.97. The molecule has 0 radical (unpaired) electrons. The van der Waals surface area contributed by atoms with Crippen LogP contribution in [0.25, 0.3) is 0 Å². The third kappa shape index (κ3) is 3.30. The summed E-state index contributed by atoms with van der Waals surface area (Å²) in [5.74, 6) is 0.654. The average Bonchev–Trinajstić information content (AvgIpc) is 2.80. The summed E-state index contributed by atoms with van der Waals surface area (Å²) in [5.41, 5.74) is 0.921. The van der Waals surface area contributed by atoms with E-state index in [1.165, 1.54) is 24.2 Å². The zero-order valence-corrected chi connectivity index (χ0v) is 12.6. The Morgan fingerprint density at radius 3 is 2.29 bits per heavy atom. The van der Waals surface area contributed by atoms with Crippen LogP contribution in [0.1, 0.15) is 12.0 Å². The fraction of sp³-hybridized carbons (Fsp3) is 0.357. The molecule has 0 unspecified atom stereocenters. The molecule has 2 rings (SSSR count). The second-order valence-electron chi connectivity index (χ2n) is 4.46. The summed E-state index contributed by atoms with van der Waals surface area (Å²) in [5, 5.41) is 20.8. The number of benzene rings is 1. The van der Waals surface area contributed by atoms with E-state index in [9.17, 15) is 15.0 Å². The van der Waals surface area contributed by atoms with Gasteiger partial charge in [0, 0.05) is 6.54 Å². The Balaban J connectivity index is 2.08. The number of phenolic OH excluding ortho intramolecular Hbond substituents is 1. The maximum absolute atomic E-state index is 11.5. The average molecular weight is 311 g/mol. The summed E-state index contributed by atoms with van der Waals surface area (Å²) < 4.78 is 11.5. The normalized spacial score (nSPS) is 10.6. The van der Waals surface area contributed by atoms with Crippen molar-refractivity contribution in [2.75, 3.05) is 14.2 Å². The lowest BCUT2D eigenvalue weighted by Gasteiger charge is -2.11. The van der Waals surface area contributed by atoms with E-state index in [2.05, 4.69) is 0 Å². The number of aromatic nitrogens is 1. The van der Waals surface area contributed by atoms with Gasteiger partial charge < -0.3 is 19.7 Å². The van der Waals surface area contributed by atoms with Gasteiger partial charge in [0.25, 0.3) is 0 Å². The predicted molar refractivity (Wildman–Crippen MR) is 79.8 cm³/mol. The Morgan fingerprint density at radius 1 is 1.19 bits per heavy atom. The highest BCUT2D eigenvalue weighted by atomic mass is 32.1. The molecule has 6 nitrogen and oxygen atoms in total. The SMILES string of the molecule is COc1cc(CCCn2c(O)csc2=O)cc(OC)c1O. The van der Waals surface area contributed by atoms with Crippen LogP contribution in [0.5, 0.6) is 23.1 Å². The molecule has 1 aromatic heterocycles. The van der Waals surface area contributed by atoms with Crippen LogP contribution in [0.4, 0.5) is 0 Å². The van der Waals surface area contributed by atoms with Crippen LogP contribution < -0.4 is 14.3 Å². The number of methoxy groups -OCH3 is 2. The fourth-order valence-electron chi connectivity index (χ4n) is 2.06. The van der Waals surface area contributed by atoms with Gasteiger partial charge in [0.2, 0.25) is 11.6 Å². The number of aromatic hydroxyl groups is 2. The van der Waals surface area contributed by atoms with Gasteiger partial charge in [0.1, 0.15) is 0 Å². The van der Waals surface area contributed by atoms with Gasteiger partial charge in [0.05, 0.1) is 19.6 Å². The third-order valence-electron chi connectivity index (χ3n) is 3.15. The molecular weight excluding hydrogens is 294 g/mol. The van der Waals surface area contributed by atoms with Crippen molar-refractivity contribution >= 4 is 11.3 Å². The van der Waals surface area contributed by atoms with Gasteiger partial charge in [-0.3, -0.25) is 9.36 Å². The molecule has 0 saturated heterocycles. The molecule has 0 saturated carbocycles. The Kier molecular flexibility index (Phi) is 4.74. The monoisotopic (exact) mass is 311 g/mol. The Hall–Kier alpha value is -2.15. The lowest BCUT2D eigenvalue weighted by Crippen LogP contribution is -2.12. The smallest absolute Gasteiger partial charge is 0.309 e. The van der Waals surface area contributed by atoms with Crippen LogP contribution in [0.2, 0.25) is 0 Å². The van der Waals surface area contributed by atoms with Crippen LogP contribution >= 0.6 is 11.3 Å². The number of hydrogen-bond acceptors (Lipinski definition) is 6. The molecule has 0 atom stereocenters. The first-order chi connectivity index (χ1) is 10.1. The summed E-state index contributed by atoms with van der Waals surface area (Å²) in [6, 6.07) is 3.46. The molecule has 0 aliphatic rings. The van der Waals surface area contributed by atoms with Crippen molar-refractivity contribution in [3.05, 3.63) is 32.7 Å². The van der Waals surface area contributed by atoms with Crippen LogP contribution in [0.3, 0.4) is 0 Å². The molecule has 2 aromatic rings. The van der Waals surface area contributed by atoms with Crippen molar-refractivity contribution in [1.29, 1.82) is 0 Å².